The number of ether oxygens (including phenoxy) is 1. The van der Waals surface area contributed by atoms with E-state index in [1.54, 1.807) is 36.5 Å². The molecule has 0 saturated heterocycles. The van der Waals surface area contributed by atoms with Gasteiger partial charge in [0.1, 0.15) is 22.6 Å². The molecule has 0 aliphatic heterocycles. The van der Waals surface area contributed by atoms with Crippen LogP contribution in [0.2, 0.25) is 0 Å². The third-order valence-electron chi connectivity index (χ3n) is 5.57. The normalized spacial score (nSPS) is 11.8. The number of fused-ring (bicyclic) bond motifs is 2. The number of hydrogen-bond donors (Lipinski definition) is 2. The highest BCUT2D eigenvalue weighted by Crippen LogP contribution is 2.33. The van der Waals surface area contributed by atoms with Gasteiger partial charge in [0.15, 0.2) is 17.1 Å². The summed E-state index contributed by atoms with van der Waals surface area (Å²) in [7, 11) is 0. The van der Waals surface area contributed by atoms with Gasteiger partial charge < -0.3 is 9.72 Å². The fraction of sp³-hybridized carbons (Fsp3) is 0.120. The van der Waals surface area contributed by atoms with Crippen LogP contribution < -0.4 is 10.4 Å². The quantitative estimate of drug-likeness (QED) is 0.319. The van der Waals surface area contributed by atoms with E-state index in [1.807, 2.05) is 0 Å². The molecule has 0 aliphatic carbocycles. The van der Waals surface area contributed by atoms with Crippen LogP contribution in [0.3, 0.4) is 0 Å². The van der Waals surface area contributed by atoms with Crippen molar-refractivity contribution in [1.82, 2.24) is 19.9 Å². The van der Waals surface area contributed by atoms with Gasteiger partial charge in [0.25, 0.3) is 0 Å². The first-order valence-corrected chi connectivity index (χ1v) is 10.7. The van der Waals surface area contributed by atoms with E-state index >= 15 is 0 Å². The monoisotopic (exact) mass is 496 g/mol. The Balaban J connectivity index is 1.43. The van der Waals surface area contributed by atoms with Crippen molar-refractivity contribution in [2.24, 2.45) is 0 Å². The van der Waals surface area contributed by atoms with Crippen molar-refractivity contribution in [3.63, 3.8) is 0 Å². The molecule has 3 heterocycles. The van der Waals surface area contributed by atoms with Gasteiger partial charge in [-0.3, -0.25) is 14.8 Å². The van der Waals surface area contributed by atoms with Gasteiger partial charge in [-0.05, 0) is 41.5 Å². The topological polar surface area (TPSA) is 101 Å². The summed E-state index contributed by atoms with van der Waals surface area (Å²) in [6, 6.07) is 10.2. The molecule has 2 N–H and O–H groups in total. The third-order valence-corrected chi connectivity index (χ3v) is 5.57. The number of carbonyl (C=O) groups excluding carboxylic acids is 1. The van der Waals surface area contributed by atoms with Crippen LogP contribution in [0.15, 0.2) is 65.7 Å². The Bertz CT molecular complexity index is 1670. The van der Waals surface area contributed by atoms with E-state index in [9.17, 15) is 27.2 Å². The average Bonchev–Trinajstić information content (AvgIpc) is 3.22. The minimum atomic E-state index is -4.64. The zero-order valence-electron chi connectivity index (χ0n) is 18.3. The third kappa shape index (κ3) is 4.54. The number of Topliss-reactive ketones (excluding diaryl/α,β-unsaturated/α-hetero) is 1. The summed E-state index contributed by atoms with van der Waals surface area (Å²) in [6.45, 7) is 0. The highest BCUT2D eigenvalue weighted by atomic mass is 19.4. The number of aromatic nitrogens is 4. The summed E-state index contributed by atoms with van der Waals surface area (Å²) < 4.78 is 59.1. The van der Waals surface area contributed by atoms with E-state index in [4.69, 9.17) is 4.74 Å². The lowest BCUT2D eigenvalue weighted by Crippen LogP contribution is -2.11. The number of alkyl halides is 3. The fourth-order valence-electron chi connectivity index (χ4n) is 3.93. The predicted octanol–water partition coefficient (Wildman–Crippen LogP) is 5.10. The zero-order chi connectivity index (χ0) is 25.4. The van der Waals surface area contributed by atoms with E-state index in [2.05, 4.69) is 19.9 Å². The lowest BCUT2D eigenvalue weighted by atomic mass is 9.98. The number of aromatic amines is 2. The first-order valence-electron chi connectivity index (χ1n) is 10.7. The molecular weight excluding hydrogens is 480 g/mol. The van der Waals surface area contributed by atoms with Crippen molar-refractivity contribution in [2.75, 3.05) is 0 Å². The standard InChI is InChI=1S/C25H16F4N4O3/c26-18-5-4-15(25(27,28)29)10-14(18)12-16(34)11-13-3-6-19(21-17(13)2-1-8-30-21)36-20-7-9-31-23-22(20)32-24(35)33-23/h1-10H,11-12H2,(H2,31,32,33,35). The maximum absolute atomic E-state index is 14.1. The Kier molecular flexibility index (Phi) is 5.75. The van der Waals surface area contributed by atoms with Gasteiger partial charge in [-0.1, -0.05) is 12.1 Å². The maximum Gasteiger partial charge on any atom is 0.416 e. The number of benzene rings is 2. The van der Waals surface area contributed by atoms with Crippen LogP contribution in [0.1, 0.15) is 16.7 Å². The summed E-state index contributed by atoms with van der Waals surface area (Å²) in [4.78, 5) is 37.9. The summed E-state index contributed by atoms with van der Waals surface area (Å²) in [5, 5.41) is 0.584. The smallest absolute Gasteiger partial charge is 0.416 e. The summed E-state index contributed by atoms with van der Waals surface area (Å²) in [5.74, 6) is -0.666. The number of halogens is 4. The molecule has 0 unspecified atom stereocenters. The number of H-pyrrole nitrogens is 2. The number of hydrogen-bond acceptors (Lipinski definition) is 5. The summed E-state index contributed by atoms with van der Waals surface area (Å²) in [5.41, 5.74) is -0.111. The molecule has 36 heavy (non-hydrogen) atoms. The van der Waals surface area contributed by atoms with E-state index < -0.39 is 35.5 Å². The molecule has 5 rings (SSSR count). The number of imidazole rings is 1. The number of nitrogens with one attached hydrogen (secondary N) is 2. The number of carbonyl (C=O) groups is 1. The van der Waals surface area contributed by atoms with Gasteiger partial charge in [0.05, 0.1) is 5.56 Å². The number of rotatable bonds is 6. The van der Waals surface area contributed by atoms with Gasteiger partial charge in [-0.15, -0.1) is 0 Å². The minimum absolute atomic E-state index is 0.150. The Morgan fingerprint density at radius 2 is 1.72 bits per heavy atom. The van der Waals surface area contributed by atoms with Crippen LogP contribution in [0.5, 0.6) is 11.5 Å². The van der Waals surface area contributed by atoms with Crippen LogP contribution in [0, 0.1) is 5.82 Å². The van der Waals surface area contributed by atoms with Gasteiger partial charge in [-0.25, -0.2) is 14.2 Å². The van der Waals surface area contributed by atoms with E-state index in [0.29, 0.717) is 57.3 Å². The highest BCUT2D eigenvalue weighted by molar-refractivity contribution is 5.93. The molecule has 2 aromatic carbocycles. The first-order chi connectivity index (χ1) is 17.2. The van der Waals surface area contributed by atoms with Crippen molar-refractivity contribution in [1.29, 1.82) is 0 Å². The molecule has 0 amide bonds. The van der Waals surface area contributed by atoms with Crippen molar-refractivity contribution in [2.45, 2.75) is 19.0 Å². The van der Waals surface area contributed by atoms with E-state index in [0.717, 1.165) is 0 Å². The second kappa shape index (κ2) is 8.91. The second-order valence-electron chi connectivity index (χ2n) is 8.03. The average molecular weight is 496 g/mol. The molecule has 0 saturated carbocycles. The van der Waals surface area contributed by atoms with Crippen LogP contribution >= 0.6 is 0 Å². The molecule has 0 bridgehead atoms. The lowest BCUT2D eigenvalue weighted by molar-refractivity contribution is -0.137. The maximum atomic E-state index is 14.1. The predicted molar refractivity (Wildman–Crippen MR) is 122 cm³/mol. The lowest BCUT2D eigenvalue weighted by Gasteiger charge is -2.12. The molecule has 0 atom stereocenters. The first kappa shape index (κ1) is 23.2. The molecular formula is C25H16F4N4O3. The van der Waals surface area contributed by atoms with Gasteiger partial charge in [0, 0.05) is 36.7 Å². The Labute approximate surface area is 199 Å². The molecule has 0 fully saturated rings. The molecule has 5 aromatic rings. The molecule has 182 valence electrons. The number of nitrogens with zero attached hydrogens (tertiary/aromatic N) is 2. The van der Waals surface area contributed by atoms with Crippen molar-refractivity contribution in [3.05, 3.63) is 93.9 Å². The molecule has 0 aliphatic rings. The Morgan fingerprint density at radius 1 is 0.917 bits per heavy atom. The Morgan fingerprint density at radius 3 is 2.53 bits per heavy atom. The van der Waals surface area contributed by atoms with Gasteiger partial charge >= 0.3 is 11.9 Å². The van der Waals surface area contributed by atoms with Gasteiger partial charge in [-0.2, -0.15) is 13.2 Å². The van der Waals surface area contributed by atoms with E-state index in [1.165, 1.54) is 6.20 Å². The Hall–Kier alpha value is -4.54. The van der Waals surface area contributed by atoms with Crippen molar-refractivity contribution in [3.8, 4) is 11.5 Å². The van der Waals surface area contributed by atoms with Crippen LogP contribution in [-0.2, 0) is 23.8 Å². The summed E-state index contributed by atoms with van der Waals surface area (Å²) in [6.07, 6.45) is -2.28. The van der Waals surface area contributed by atoms with Crippen LogP contribution in [-0.4, -0.2) is 25.7 Å². The molecule has 7 nitrogen and oxygen atoms in total. The number of pyridine rings is 2. The largest absolute Gasteiger partial charge is 0.453 e. The molecule has 11 heteroatoms. The van der Waals surface area contributed by atoms with E-state index in [-0.39, 0.29) is 12.0 Å². The van der Waals surface area contributed by atoms with Crippen LogP contribution in [0.4, 0.5) is 17.6 Å². The number of ketones is 1. The molecule has 0 spiro atoms. The zero-order valence-corrected chi connectivity index (χ0v) is 18.3. The molecule has 0 radical (unpaired) electrons. The second-order valence-corrected chi connectivity index (χ2v) is 8.03. The van der Waals surface area contributed by atoms with Crippen molar-refractivity contribution < 1.29 is 27.1 Å². The fourth-order valence-corrected chi connectivity index (χ4v) is 3.93. The SMILES string of the molecule is O=C(Cc1cc(C(F)(F)F)ccc1F)Cc1ccc(Oc2ccnc3[nH]c(=O)[nH]c23)c2ncccc12. The van der Waals surface area contributed by atoms with Crippen molar-refractivity contribution >= 4 is 27.9 Å². The van der Waals surface area contributed by atoms with Gasteiger partial charge in [0.2, 0.25) is 0 Å². The summed E-state index contributed by atoms with van der Waals surface area (Å²) >= 11 is 0. The van der Waals surface area contributed by atoms with Crippen LogP contribution in [0.25, 0.3) is 22.1 Å². The molecule has 3 aromatic heterocycles. The minimum Gasteiger partial charge on any atom is -0.453 e. The highest BCUT2D eigenvalue weighted by Gasteiger charge is 2.31.